The first kappa shape index (κ1) is 34.4. The Bertz CT molecular complexity index is 280. The van der Waals surface area contributed by atoms with E-state index in [1.165, 1.54) is 12.2 Å². The Morgan fingerprint density at radius 2 is 1.76 bits per heavy atom. The van der Waals surface area contributed by atoms with E-state index in [1.54, 1.807) is 11.8 Å². The minimum absolute atomic E-state index is 0. The average Bonchev–Trinajstić information content (AvgIpc) is 2.61. The third-order valence-electron chi connectivity index (χ3n) is 2.74. The molecule has 1 fully saturated rings. The van der Waals surface area contributed by atoms with Gasteiger partial charge in [-0.2, -0.15) is 44.1 Å². The monoisotopic (exact) mass is 460 g/mol. The van der Waals surface area contributed by atoms with Gasteiger partial charge in [-0.1, -0.05) is 13.8 Å². The van der Waals surface area contributed by atoms with Crippen LogP contribution in [0.1, 0.15) is 33.1 Å². The first-order valence-corrected chi connectivity index (χ1v) is 11.3. The zero-order valence-electron chi connectivity index (χ0n) is 15.8. The van der Waals surface area contributed by atoms with Crippen LogP contribution in [0, 0.1) is 11.8 Å². The van der Waals surface area contributed by atoms with Gasteiger partial charge >= 0.3 is 29.6 Å². The molecule has 0 saturated carbocycles. The van der Waals surface area contributed by atoms with E-state index in [0.717, 1.165) is 43.1 Å². The SMILES string of the molecule is CC(CS)CS.CC1CCCC(=O)CSC1.C[O-].O=C(CCl)CCl.[Na+]. The van der Waals surface area contributed by atoms with Crippen LogP contribution in [0.2, 0.25) is 0 Å². The van der Waals surface area contributed by atoms with Gasteiger partial charge in [0.1, 0.15) is 5.78 Å². The second kappa shape index (κ2) is 28.1. The molecule has 3 nitrogen and oxygen atoms in total. The molecule has 1 heterocycles. The fourth-order valence-electron chi connectivity index (χ4n) is 1.27. The fraction of sp³-hybridized carbons (Fsp3) is 0.875. The summed E-state index contributed by atoms with van der Waals surface area (Å²) >= 11 is 19.9. The maximum atomic E-state index is 10.9. The molecule has 0 amide bonds. The molecule has 0 bridgehead atoms. The third-order valence-corrected chi connectivity index (χ3v) is 5.91. The van der Waals surface area contributed by atoms with E-state index in [2.05, 4.69) is 39.1 Å². The molecular formula is C16H31Cl2NaO3S3. The first-order valence-electron chi connectivity index (χ1n) is 7.76. The van der Waals surface area contributed by atoms with Gasteiger partial charge < -0.3 is 5.11 Å². The zero-order chi connectivity index (χ0) is 19.4. The first-order chi connectivity index (χ1) is 11.4. The second-order valence-corrected chi connectivity index (χ2v) is 7.62. The van der Waals surface area contributed by atoms with Gasteiger partial charge in [-0.25, -0.2) is 0 Å². The van der Waals surface area contributed by atoms with Crippen LogP contribution < -0.4 is 34.7 Å². The molecule has 0 aromatic heterocycles. The summed E-state index contributed by atoms with van der Waals surface area (Å²) in [6, 6.07) is 0. The van der Waals surface area contributed by atoms with Crippen molar-refractivity contribution in [2.75, 3.05) is 41.9 Å². The predicted octanol–water partition coefficient (Wildman–Crippen LogP) is 0.604. The molecular weight excluding hydrogens is 430 g/mol. The van der Waals surface area contributed by atoms with Crippen LogP contribution in [0.5, 0.6) is 0 Å². The number of alkyl halides is 2. The molecule has 25 heavy (non-hydrogen) atoms. The number of halogens is 2. The van der Waals surface area contributed by atoms with E-state index in [4.69, 9.17) is 28.3 Å². The van der Waals surface area contributed by atoms with E-state index in [9.17, 15) is 9.59 Å². The normalized spacial score (nSPS) is 16.4. The summed E-state index contributed by atoms with van der Waals surface area (Å²) in [6.07, 6.45) is 3.16. The standard InChI is InChI=1S/C8H14OS.C4H10S2.C3H4Cl2O.CH3O.Na/c1-7-3-2-4-8(9)6-10-5-7;1-4(2-5)3-6;4-1-3(6)2-5;1-2;/h7H,2-6H2,1H3;4-6H,2-3H2,1H3;1-2H2;1H3;/q;;;-1;+1. The molecule has 0 aromatic carbocycles. The van der Waals surface area contributed by atoms with E-state index in [1.807, 2.05) is 0 Å². The number of hydrogen-bond donors (Lipinski definition) is 2. The predicted molar refractivity (Wildman–Crippen MR) is 115 cm³/mol. The molecule has 1 aliphatic rings. The van der Waals surface area contributed by atoms with Crippen molar-refractivity contribution in [1.29, 1.82) is 0 Å². The van der Waals surface area contributed by atoms with Gasteiger partial charge in [0.05, 0.1) is 17.5 Å². The maximum absolute atomic E-state index is 10.9. The Morgan fingerprint density at radius 1 is 1.28 bits per heavy atom. The van der Waals surface area contributed by atoms with Gasteiger partial charge in [0.15, 0.2) is 5.78 Å². The molecule has 0 radical (unpaired) electrons. The largest absolute Gasteiger partial charge is 1.00 e. The smallest absolute Gasteiger partial charge is 0.857 e. The minimum Gasteiger partial charge on any atom is -0.857 e. The van der Waals surface area contributed by atoms with Crippen molar-refractivity contribution < 1.29 is 44.3 Å². The van der Waals surface area contributed by atoms with Crippen LogP contribution in [0.3, 0.4) is 0 Å². The summed E-state index contributed by atoms with van der Waals surface area (Å²) in [5.41, 5.74) is 0. The summed E-state index contributed by atoms with van der Waals surface area (Å²) in [6.45, 7) is 4.39. The number of carbonyl (C=O) groups excluding carboxylic acids is 2. The van der Waals surface area contributed by atoms with Gasteiger partial charge in [-0.3, -0.25) is 9.59 Å². The fourth-order valence-corrected chi connectivity index (χ4v) is 3.08. The number of carbonyl (C=O) groups is 2. The van der Waals surface area contributed by atoms with E-state index < -0.39 is 0 Å². The number of thiol groups is 2. The molecule has 0 aliphatic carbocycles. The van der Waals surface area contributed by atoms with Gasteiger partial charge in [-0.05, 0) is 41.9 Å². The van der Waals surface area contributed by atoms with Crippen molar-refractivity contribution in [2.24, 2.45) is 11.8 Å². The molecule has 9 heteroatoms. The topological polar surface area (TPSA) is 57.2 Å². The molecule has 1 atom stereocenters. The molecule has 1 aliphatic heterocycles. The zero-order valence-corrected chi connectivity index (χ0v) is 21.9. The Hall–Kier alpha value is 1.93. The van der Waals surface area contributed by atoms with Crippen LogP contribution in [0.4, 0.5) is 0 Å². The van der Waals surface area contributed by atoms with Crippen molar-refractivity contribution in [3.8, 4) is 0 Å². The summed E-state index contributed by atoms with van der Waals surface area (Å²) in [5, 5.41) is 8.25. The Morgan fingerprint density at radius 3 is 2.08 bits per heavy atom. The minimum atomic E-state index is -0.127. The van der Waals surface area contributed by atoms with Crippen molar-refractivity contribution in [3.63, 3.8) is 0 Å². The van der Waals surface area contributed by atoms with Gasteiger partial charge in [0.25, 0.3) is 0 Å². The molecule has 0 aromatic rings. The van der Waals surface area contributed by atoms with Crippen molar-refractivity contribution >= 4 is 71.8 Å². The quantitative estimate of drug-likeness (QED) is 0.366. The van der Waals surface area contributed by atoms with Crippen molar-refractivity contribution in [3.05, 3.63) is 0 Å². The van der Waals surface area contributed by atoms with Crippen LogP contribution in [-0.2, 0) is 9.59 Å². The summed E-state index contributed by atoms with van der Waals surface area (Å²) in [7, 11) is 0.750. The van der Waals surface area contributed by atoms with Crippen LogP contribution >= 0.6 is 60.2 Å². The number of ketones is 2. The second-order valence-electron chi connectivity index (χ2n) is 5.33. The Labute approximate surface area is 201 Å². The van der Waals surface area contributed by atoms with Crippen LogP contribution in [0.15, 0.2) is 0 Å². The van der Waals surface area contributed by atoms with Gasteiger partial charge in [0, 0.05) is 6.42 Å². The Kier molecular flexibility index (Phi) is 38.8. The van der Waals surface area contributed by atoms with Gasteiger partial charge in [0.2, 0.25) is 0 Å². The summed E-state index contributed by atoms with van der Waals surface area (Å²) in [5.74, 6) is 5.68. The third kappa shape index (κ3) is 30.9. The Balaban J connectivity index is -0.000000130. The molecule has 1 saturated heterocycles. The number of hydrogen-bond acceptors (Lipinski definition) is 6. The molecule has 0 spiro atoms. The maximum Gasteiger partial charge on any atom is 1.00 e. The van der Waals surface area contributed by atoms with E-state index in [0.29, 0.717) is 11.7 Å². The number of rotatable bonds is 4. The average molecular weight is 462 g/mol. The van der Waals surface area contributed by atoms with Gasteiger partial charge in [-0.15, -0.1) is 23.2 Å². The van der Waals surface area contributed by atoms with Crippen molar-refractivity contribution in [1.82, 2.24) is 0 Å². The summed E-state index contributed by atoms with van der Waals surface area (Å²) in [4.78, 5) is 20.8. The van der Waals surface area contributed by atoms with Crippen LogP contribution in [0.25, 0.3) is 0 Å². The summed E-state index contributed by atoms with van der Waals surface area (Å²) < 4.78 is 0. The molecule has 0 N–H and O–H groups in total. The molecule has 1 unspecified atom stereocenters. The molecule has 146 valence electrons. The molecule has 1 rings (SSSR count). The number of thioether (sulfide) groups is 1. The van der Waals surface area contributed by atoms with E-state index >= 15 is 0 Å². The van der Waals surface area contributed by atoms with E-state index in [-0.39, 0.29) is 47.1 Å². The van der Waals surface area contributed by atoms with Crippen LogP contribution in [-0.4, -0.2) is 53.4 Å². The van der Waals surface area contributed by atoms with Crippen molar-refractivity contribution in [2.45, 2.75) is 33.1 Å². The number of Topliss-reactive ketones (excluding diaryl/α,β-unsaturated/α-hetero) is 2.